The van der Waals surface area contributed by atoms with E-state index in [9.17, 15) is 23.1 Å². The van der Waals surface area contributed by atoms with E-state index in [0.717, 1.165) is 0 Å². The first-order chi connectivity index (χ1) is 11.3. The number of hydrogen-bond donors (Lipinski definition) is 1. The Morgan fingerprint density at radius 2 is 2.08 bits per heavy atom. The molecular formula is C16H17F3N2O3. The van der Waals surface area contributed by atoms with E-state index in [1.165, 1.54) is 25.3 Å². The fourth-order valence-corrected chi connectivity index (χ4v) is 3.35. The SMILES string of the molecule is COc1ccccc1C(=O)N1N=C2CCCC[C@H]2[C@]1(O)C(F)(F)F. The molecule has 2 atom stereocenters. The van der Waals surface area contributed by atoms with Crippen molar-refractivity contribution in [2.24, 2.45) is 11.0 Å². The first-order valence-corrected chi connectivity index (χ1v) is 7.64. The molecule has 0 saturated heterocycles. The molecule has 5 nitrogen and oxygen atoms in total. The molecule has 1 aromatic rings. The molecular weight excluding hydrogens is 325 g/mol. The van der Waals surface area contributed by atoms with E-state index < -0.39 is 23.7 Å². The topological polar surface area (TPSA) is 62.1 Å². The molecule has 1 heterocycles. The van der Waals surface area contributed by atoms with Gasteiger partial charge in [0.05, 0.1) is 18.6 Å². The summed E-state index contributed by atoms with van der Waals surface area (Å²) < 4.78 is 46.1. The minimum absolute atomic E-state index is 0.0781. The quantitative estimate of drug-likeness (QED) is 0.899. The normalized spacial score (nSPS) is 26.8. The number of para-hydroxylation sites is 1. The second-order valence-electron chi connectivity index (χ2n) is 5.93. The number of halogens is 3. The highest BCUT2D eigenvalue weighted by Gasteiger charge is 2.68. The molecule has 0 bridgehead atoms. The lowest BCUT2D eigenvalue weighted by Gasteiger charge is -2.38. The summed E-state index contributed by atoms with van der Waals surface area (Å²) in [6.45, 7) is 0. The molecule has 1 N–H and O–H groups in total. The van der Waals surface area contributed by atoms with E-state index in [1.54, 1.807) is 6.07 Å². The zero-order valence-corrected chi connectivity index (χ0v) is 13.0. The van der Waals surface area contributed by atoms with Crippen LogP contribution in [0.5, 0.6) is 5.75 Å². The highest BCUT2D eigenvalue weighted by atomic mass is 19.4. The molecule has 0 unspecified atom stereocenters. The molecule has 0 radical (unpaired) electrons. The molecule has 8 heteroatoms. The van der Waals surface area contributed by atoms with E-state index in [2.05, 4.69) is 5.10 Å². The first kappa shape index (κ1) is 16.8. The molecule has 1 aliphatic heterocycles. The standard InChI is InChI=1S/C16H17F3N2O3/c1-24-13-9-5-2-6-10(13)14(22)21-15(23,16(17,18)19)11-7-3-4-8-12(11)20-21/h2,5-6,9,11,23H,3-4,7-8H2,1H3/t11-,15+/m1/s1. The summed E-state index contributed by atoms with van der Waals surface area (Å²) in [7, 11) is 1.32. The van der Waals surface area contributed by atoms with Crippen molar-refractivity contribution in [2.45, 2.75) is 37.6 Å². The molecule has 1 amide bonds. The zero-order chi connectivity index (χ0) is 17.5. The number of nitrogens with zero attached hydrogens (tertiary/aromatic N) is 2. The van der Waals surface area contributed by atoms with Crippen LogP contribution in [0.15, 0.2) is 29.4 Å². The Morgan fingerprint density at radius 1 is 1.38 bits per heavy atom. The monoisotopic (exact) mass is 342 g/mol. The van der Waals surface area contributed by atoms with Crippen LogP contribution < -0.4 is 4.74 Å². The van der Waals surface area contributed by atoms with Crippen LogP contribution in [0.4, 0.5) is 13.2 Å². The largest absolute Gasteiger partial charge is 0.496 e. The van der Waals surface area contributed by atoms with Crippen LogP contribution in [0, 0.1) is 5.92 Å². The number of aliphatic hydroxyl groups is 1. The number of hydrogen-bond acceptors (Lipinski definition) is 4. The highest BCUT2D eigenvalue weighted by molar-refractivity contribution is 6.01. The van der Waals surface area contributed by atoms with Gasteiger partial charge in [0.1, 0.15) is 5.75 Å². The lowest BCUT2D eigenvalue weighted by atomic mass is 9.80. The Bertz CT molecular complexity index is 689. The maximum Gasteiger partial charge on any atom is 0.439 e. The predicted octanol–water partition coefficient (Wildman–Crippen LogP) is 2.95. The number of rotatable bonds is 2. The van der Waals surface area contributed by atoms with Crippen LogP contribution >= 0.6 is 0 Å². The third-order valence-electron chi connectivity index (χ3n) is 4.56. The number of methoxy groups -OCH3 is 1. The summed E-state index contributed by atoms with van der Waals surface area (Å²) in [5.41, 5.74) is -3.17. The molecule has 1 aromatic carbocycles. The summed E-state index contributed by atoms with van der Waals surface area (Å²) in [5, 5.41) is 14.5. The van der Waals surface area contributed by atoms with Crippen LogP contribution in [-0.4, -0.2) is 40.7 Å². The van der Waals surface area contributed by atoms with Crippen LogP contribution in [-0.2, 0) is 0 Å². The second kappa shape index (κ2) is 5.77. The van der Waals surface area contributed by atoms with E-state index in [-0.39, 0.29) is 28.5 Å². The van der Waals surface area contributed by atoms with Gasteiger partial charge in [0.15, 0.2) is 0 Å². The van der Waals surface area contributed by atoms with Crippen LogP contribution in [0.2, 0.25) is 0 Å². The third kappa shape index (κ3) is 2.36. The smallest absolute Gasteiger partial charge is 0.439 e. The summed E-state index contributed by atoms with van der Waals surface area (Å²) in [4.78, 5) is 12.7. The average Bonchev–Trinajstić information content (AvgIpc) is 2.88. The van der Waals surface area contributed by atoms with Crippen molar-refractivity contribution in [1.29, 1.82) is 0 Å². The summed E-state index contributed by atoms with van der Waals surface area (Å²) in [5.74, 6) is -2.12. The van der Waals surface area contributed by atoms with E-state index in [4.69, 9.17) is 4.74 Å². The minimum atomic E-state index is -5.02. The van der Waals surface area contributed by atoms with Crippen molar-refractivity contribution in [2.75, 3.05) is 7.11 Å². The van der Waals surface area contributed by atoms with E-state index in [1.807, 2.05) is 0 Å². The Labute approximate surface area is 136 Å². The van der Waals surface area contributed by atoms with Gasteiger partial charge in [-0.25, -0.2) is 0 Å². The van der Waals surface area contributed by atoms with Crippen molar-refractivity contribution in [1.82, 2.24) is 5.01 Å². The van der Waals surface area contributed by atoms with Crippen molar-refractivity contribution >= 4 is 11.6 Å². The predicted molar refractivity (Wildman–Crippen MR) is 79.6 cm³/mol. The molecule has 3 rings (SSSR count). The molecule has 1 saturated carbocycles. The van der Waals surface area contributed by atoms with Gasteiger partial charge in [-0.05, 0) is 31.4 Å². The van der Waals surface area contributed by atoms with E-state index >= 15 is 0 Å². The number of alkyl halides is 3. The summed E-state index contributed by atoms with van der Waals surface area (Å²) >= 11 is 0. The number of benzene rings is 1. The summed E-state index contributed by atoms with van der Waals surface area (Å²) in [6.07, 6.45) is -3.28. The fourth-order valence-electron chi connectivity index (χ4n) is 3.35. The van der Waals surface area contributed by atoms with Crippen molar-refractivity contribution < 1.29 is 27.8 Å². The maximum atomic E-state index is 13.7. The summed E-state index contributed by atoms with van der Waals surface area (Å²) in [6, 6.07) is 5.93. The van der Waals surface area contributed by atoms with Crippen molar-refractivity contribution in [3.63, 3.8) is 0 Å². The average molecular weight is 342 g/mol. The Balaban J connectivity index is 2.07. The Kier molecular flexibility index (Phi) is 4.03. The van der Waals surface area contributed by atoms with Gasteiger partial charge in [-0.1, -0.05) is 18.6 Å². The molecule has 1 aliphatic carbocycles. The van der Waals surface area contributed by atoms with Gasteiger partial charge in [-0.3, -0.25) is 4.79 Å². The lowest BCUT2D eigenvalue weighted by molar-refractivity contribution is -0.312. The maximum absolute atomic E-state index is 13.7. The molecule has 2 aliphatic rings. The highest BCUT2D eigenvalue weighted by Crippen LogP contribution is 2.48. The van der Waals surface area contributed by atoms with Gasteiger partial charge in [0.2, 0.25) is 0 Å². The molecule has 24 heavy (non-hydrogen) atoms. The van der Waals surface area contributed by atoms with Gasteiger partial charge < -0.3 is 9.84 Å². The fraction of sp³-hybridized carbons (Fsp3) is 0.500. The molecule has 0 spiro atoms. The van der Waals surface area contributed by atoms with Crippen LogP contribution in [0.3, 0.4) is 0 Å². The number of fused-ring (bicyclic) bond motifs is 1. The molecule has 130 valence electrons. The Morgan fingerprint density at radius 3 is 2.75 bits per heavy atom. The number of hydrazone groups is 1. The molecule has 0 aromatic heterocycles. The van der Waals surface area contributed by atoms with Gasteiger partial charge in [0.25, 0.3) is 11.6 Å². The number of carbonyl (C=O) groups is 1. The van der Waals surface area contributed by atoms with Gasteiger partial charge in [0, 0.05) is 5.71 Å². The number of ether oxygens (including phenoxy) is 1. The van der Waals surface area contributed by atoms with Gasteiger partial charge >= 0.3 is 6.18 Å². The first-order valence-electron chi connectivity index (χ1n) is 7.64. The Hall–Kier alpha value is -2.09. The lowest BCUT2D eigenvalue weighted by Crippen LogP contribution is -2.61. The minimum Gasteiger partial charge on any atom is -0.496 e. The number of amides is 1. The van der Waals surface area contributed by atoms with E-state index in [0.29, 0.717) is 19.3 Å². The van der Waals surface area contributed by atoms with Gasteiger partial charge in [-0.2, -0.15) is 23.3 Å². The van der Waals surface area contributed by atoms with Gasteiger partial charge in [-0.15, -0.1) is 0 Å². The van der Waals surface area contributed by atoms with Crippen LogP contribution in [0.1, 0.15) is 36.0 Å². The van der Waals surface area contributed by atoms with Crippen molar-refractivity contribution in [3.8, 4) is 5.75 Å². The number of carbonyl (C=O) groups excluding carboxylic acids is 1. The molecule has 1 fully saturated rings. The van der Waals surface area contributed by atoms with Crippen molar-refractivity contribution in [3.05, 3.63) is 29.8 Å². The zero-order valence-electron chi connectivity index (χ0n) is 13.0. The second-order valence-corrected chi connectivity index (χ2v) is 5.93. The van der Waals surface area contributed by atoms with Crippen LogP contribution in [0.25, 0.3) is 0 Å². The third-order valence-corrected chi connectivity index (χ3v) is 4.56.